The molecule has 1 aliphatic heterocycles. The van der Waals surface area contributed by atoms with Gasteiger partial charge in [-0.25, -0.2) is 0 Å². The second-order valence-electron chi connectivity index (χ2n) is 6.83. The van der Waals surface area contributed by atoms with Crippen molar-refractivity contribution < 1.29 is 19.7 Å². The third-order valence-corrected chi connectivity index (χ3v) is 5.75. The summed E-state index contributed by atoms with van der Waals surface area (Å²) in [4.78, 5) is 12.5. The predicted octanol–water partition coefficient (Wildman–Crippen LogP) is 3.28. The van der Waals surface area contributed by atoms with Crippen LogP contribution >= 0.6 is 0 Å². The fourth-order valence-electron chi connectivity index (χ4n) is 4.84. The minimum Gasteiger partial charge on any atom is -0.504 e. The Morgan fingerprint density at radius 2 is 2.04 bits per heavy atom. The lowest BCUT2D eigenvalue weighted by molar-refractivity contribution is -0.137. The van der Waals surface area contributed by atoms with Crippen molar-refractivity contribution in [2.24, 2.45) is 5.92 Å². The van der Waals surface area contributed by atoms with Gasteiger partial charge >= 0.3 is 0 Å². The zero-order chi connectivity index (χ0) is 17.7. The van der Waals surface area contributed by atoms with E-state index >= 15 is 0 Å². The first kappa shape index (κ1) is 17.0. The third-order valence-electron chi connectivity index (χ3n) is 5.75. The molecule has 130 valence electrons. The third kappa shape index (κ3) is 1.80. The first-order valence-electron chi connectivity index (χ1n) is 8.93. The molecule has 2 aliphatic carbocycles. The van der Waals surface area contributed by atoms with Crippen LogP contribution in [0.1, 0.15) is 51.7 Å². The molecule has 0 saturated carbocycles. The summed E-state index contributed by atoms with van der Waals surface area (Å²) < 4.78 is 5.90. The number of hydrogen-bond donors (Lipinski definition) is 2. The second kappa shape index (κ2) is 5.62. The Bertz CT molecular complexity index is 708. The molecule has 4 rings (SSSR count). The van der Waals surface area contributed by atoms with Crippen LogP contribution in [0.25, 0.3) is 0 Å². The number of ether oxygens (including phenoxy) is 1. The number of carbonyl (C=O) groups is 1. The molecule has 1 heterocycles. The molecule has 3 aliphatic rings. The van der Waals surface area contributed by atoms with Gasteiger partial charge in [-0.15, -0.1) is 0 Å². The number of hydrogen-bond acceptors (Lipinski definition) is 4. The van der Waals surface area contributed by atoms with Crippen LogP contribution in [0.2, 0.25) is 0 Å². The fraction of sp³-hybridized carbons (Fsp3) is 0.550. The number of rotatable bonds is 2. The number of phenols is 1. The van der Waals surface area contributed by atoms with Gasteiger partial charge in [0.15, 0.2) is 23.4 Å². The topological polar surface area (TPSA) is 66.8 Å². The van der Waals surface area contributed by atoms with Crippen LogP contribution in [0.5, 0.6) is 11.5 Å². The van der Waals surface area contributed by atoms with Crippen LogP contribution in [0, 0.1) is 5.92 Å². The number of phenolic OH excluding ortho intramolecular Hbond substituents is 1. The average Bonchev–Trinajstić information content (AvgIpc) is 2.94. The number of aliphatic hydroxyl groups is 1. The Balaban J connectivity index is 0.000000815. The Morgan fingerprint density at radius 3 is 2.71 bits per heavy atom. The lowest BCUT2D eigenvalue weighted by Crippen LogP contribution is -2.65. The van der Waals surface area contributed by atoms with E-state index in [0.29, 0.717) is 18.6 Å². The van der Waals surface area contributed by atoms with E-state index in [2.05, 4.69) is 0 Å². The van der Waals surface area contributed by atoms with Gasteiger partial charge in [0.05, 0.1) is 11.0 Å². The first-order valence-corrected chi connectivity index (χ1v) is 8.93. The molecule has 1 aromatic carbocycles. The molecule has 0 aromatic heterocycles. The van der Waals surface area contributed by atoms with E-state index in [1.807, 2.05) is 33.8 Å². The lowest BCUT2D eigenvalue weighted by atomic mass is 9.51. The second-order valence-corrected chi connectivity index (χ2v) is 6.83. The highest BCUT2D eigenvalue weighted by molar-refractivity contribution is 5.98. The highest BCUT2D eigenvalue weighted by Gasteiger charge is 2.68. The van der Waals surface area contributed by atoms with Crippen molar-refractivity contribution in [2.45, 2.75) is 64.1 Å². The molecule has 4 nitrogen and oxygen atoms in total. The summed E-state index contributed by atoms with van der Waals surface area (Å²) in [5.41, 5.74) is 0.0177. The lowest BCUT2D eigenvalue weighted by Gasteiger charge is -2.53. The Kier molecular flexibility index (Phi) is 3.99. The predicted molar refractivity (Wildman–Crippen MR) is 92.4 cm³/mol. The van der Waals surface area contributed by atoms with Crippen molar-refractivity contribution in [2.75, 3.05) is 0 Å². The largest absolute Gasteiger partial charge is 0.504 e. The van der Waals surface area contributed by atoms with Crippen LogP contribution < -0.4 is 4.74 Å². The van der Waals surface area contributed by atoms with Crippen LogP contribution in [-0.4, -0.2) is 27.7 Å². The standard InChI is InChI=1S/C18H20O4.C2H6/c1-3-7-17-14-11-4-5-12(19)15(14)22-16(17)13(20)6-8-18(17,21)10(2)9-11;1-2/h4-6,8,10,16,19,21H,3,7,9H2,1-2H3;1-2H3. The molecular weight excluding hydrogens is 304 g/mol. The van der Waals surface area contributed by atoms with E-state index in [1.165, 1.54) is 6.08 Å². The van der Waals surface area contributed by atoms with Gasteiger partial charge in [0.2, 0.25) is 0 Å². The molecule has 0 amide bonds. The molecule has 2 N–H and O–H groups in total. The van der Waals surface area contributed by atoms with E-state index in [-0.39, 0.29) is 17.5 Å². The van der Waals surface area contributed by atoms with Crippen LogP contribution in [0.4, 0.5) is 0 Å². The minimum absolute atomic E-state index is 0.0162. The van der Waals surface area contributed by atoms with E-state index in [1.54, 1.807) is 12.1 Å². The van der Waals surface area contributed by atoms with E-state index in [0.717, 1.165) is 17.5 Å². The SMILES string of the molecule is CC.CCCC12c3c4ccc(O)c3OC1C(=O)C=CC2(O)C(C)C4. The normalized spacial score (nSPS) is 35.0. The number of aromatic hydroxyl groups is 1. The van der Waals surface area contributed by atoms with Gasteiger partial charge < -0.3 is 14.9 Å². The van der Waals surface area contributed by atoms with Gasteiger partial charge in [-0.2, -0.15) is 0 Å². The molecule has 0 bridgehead atoms. The van der Waals surface area contributed by atoms with E-state index in [9.17, 15) is 15.0 Å². The molecule has 1 aromatic rings. The van der Waals surface area contributed by atoms with Gasteiger partial charge in [0.1, 0.15) is 0 Å². The number of carbonyl (C=O) groups excluding carboxylic acids is 1. The zero-order valence-corrected chi connectivity index (χ0v) is 14.8. The molecule has 24 heavy (non-hydrogen) atoms. The molecule has 0 spiro atoms. The van der Waals surface area contributed by atoms with Crippen LogP contribution in [-0.2, 0) is 16.6 Å². The van der Waals surface area contributed by atoms with Crippen LogP contribution in [0.3, 0.4) is 0 Å². The monoisotopic (exact) mass is 330 g/mol. The summed E-state index contributed by atoms with van der Waals surface area (Å²) in [5.74, 6) is 0.290. The maximum atomic E-state index is 12.5. The molecular formula is C20H26O4. The number of benzene rings is 1. The average molecular weight is 330 g/mol. The highest BCUT2D eigenvalue weighted by atomic mass is 16.5. The fourth-order valence-corrected chi connectivity index (χ4v) is 4.84. The highest BCUT2D eigenvalue weighted by Crippen LogP contribution is 2.62. The van der Waals surface area contributed by atoms with Crippen molar-refractivity contribution in [3.05, 3.63) is 35.4 Å². The Hall–Kier alpha value is -1.81. The van der Waals surface area contributed by atoms with Gasteiger partial charge in [0, 0.05) is 5.56 Å². The zero-order valence-electron chi connectivity index (χ0n) is 14.8. The van der Waals surface area contributed by atoms with Gasteiger partial charge in [-0.05, 0) is 42.5 Å². The summed E-state index contributed by atoms with van der Waals surface area (Å²) in [5, 5.41) is 21.7. The van der Waals surface area contributed by atoms with E-state index < -0.39 is 17.1 Å². The van der Waals surface area contributed by atoms with Crippen molar-refractivity contribution >= 4 is 5.78 Å². The van der Waals surface area contributed by atoms with Gasteiger partial charge in [-0.1, -0.05) is 40.2 Å². The minimum atomic E-state index is -1.12. The Labute approximate surface area is 143 Å². The molecule has 4 unspecified atom stereocenters. The summed E-state index contributed by atoms with van der Waals surface area (Å²) in [6, 6.07) is 3.52. The van der Waals surface area contributed by atoms with Gasteiger partial charge in [-0.3, -0.25) is 4.79 Å². The summed E-state index contributed by atoms with van der Waals surface area (Å²) in [7, 11) is 0. The van der Waals surface area contributed by atoms with Crippen molar-refractivity contribution in [3.8, 4) is 11.5 Å². The molecule has 0 radical (unpaired) electrons. The maximum Gasteiger partial charge on any atom is 0.196 e. The van der Waals surface area contributed by atoms with Crippen molar-refractivity contribution in [1.82, 2.24) is 0 Å². The summed E-state index contributed by atoms with van der Waals surface area (Å²) in [6.45, 7) is 8.06. The smallest absolute Gasteiger partial charge is 0.196 e. The van der Waals surface area contributed by atoms with E-state index in [4.69, 9.17) is 4.74 Å². The summed E-state index contributed by atoms with van der Waals surface area (Å²) in [6.07, 6.45) is 4.55. The van der Waals surface area contributed by atoms with Crippen molar-refractivity contribution in [1.29, 1.82) is 0 Å². The molecule has 4 atom stereocenters. The maximum absolute atomic E-state index is 12.5. The first-order chi connectivity index (χ1) is 11.5. The number of ketones is 1. The Morgan fingerprint density at radius 1 is 1.33 bits per heavy atom. The van der Waals surface area contributed by atoms with Crippen molar-refractivity contribution in [3.63, 3.8) is 0 Å². The summed E-state index contributed by atoms with van der Waals surface area (Å²) >= 11 is 0. The van der Waals surface area contributed by atoms with Crippen LogP contribution in [0.15, 0.2) is 24.3 Å². The quantitative estimate of drug-likeness (QED) is 0.873. The molecule has 0 fully saturated rings. The molecule has 0 saturated heterocycles. The molecule has 4 heteroatoms. The van der Waals surface area contributed by atoms with Gasteiger partial charge in [0.25, 0.3) is 0 Å².